The average Bonchev–Trinajstić information content (AvgIpc) is 3.80. The van der Waals surface area contributed by atoms with E-state index in [4.69, 9.17) is 6.57 Å². The lowest BCUT2D eigenvalue weighted by Crippen LogP contribution is -1.94. The first-order chi connectivity index (χ1) is 23.7. The molecule has 0 radical (unpaired) electrons. The minimum Gasteiger partial charge on any atom is -0.309 e. The zero-order valence-electron chi connectivity index (χ0n) is 25.6. The van der Waals surface area contributed by atoms with Crippen LogP contribution in [0, 0.1) is 17.9 Å². The summed E-state index contributed by atoms with van der Waals surface area (Å²) in [6, 6.07) is 53.2. The Labute approximate surface area is 275 Å². The molecule has 0 aliphatic heterocycles. The van der Waals surface area contributed by atoms with Gasteiger partial charge in [0.1, 0.15) is 0 Å². The molecule has 220 valence electrons. The molecule has 7 aromatic carbocycles. The van der Waals surface area contributed by atoms with Crippen molar-refractivity contribution in [3.63, 3.8) is 0 Å². The van der Waals surface area contributed by atoms with Crippen LogP contribution >= 0.6 is 0 Å². The maximum absolute atomic E-state index is 9.37. The van der Waals surface area contributed by atoms with E-state index in [1.807, 2.05) is 36.4 Å². The molecule has 10 aromatic rings. The smallest absolute Gasteiger partial charge is 0.187 e. The third-order valence-electron chi connectivity index (χ3n) is 9.92. The molecule has 10 rings (SSSR count). The van der Waals surface area contributed by atoms with Crippen molar-refractivity contribution in [2.45, 2.75) is 0 Å². The molecule has 0 fully saturated rings. The van der Waals surface area contributed by atoms with Gasteiger partial charge in [0.05, 0.1) is 45.8 Å². The Morgan fingerprint density at radius 2 is 1.17 bits per heavy atom. The van der Waals surface area contributed by atoms with E-state index >= 15 is 0 Å². The van der Waals surface area contributed by atoms with Gasteiger partial charge in [-0.25, -0.2) is 4.85 Å². The predicted octanol–water partition coefficient (Wildman–Crippen LogP) is 11.7. The van der Waals surface area contributed by atoms with Crippen molar-refractivity contribution in [3.8, 4) is 34.0 Å². The summed E-state index contributed by atoms with van der Waals surface area (Å²) in [4.78, 5) is 3.60. The molecule has 3 heterocycles. The summed E-state index contributed by atoms with van der Waals surface area (Å²) in [5, 5.41) is 16.7. The molecule has 3 aromatic heterocycles. The molecular weight excluding hydrogens is 585 g/mol. The van der Waals surface area contributed by atoms with E-state index < -0.39 is 0 Å². The van der Waals surface area contributed by atoms with Crippen LogP contribution in [0.2, 0.25) is 0 Å². The monoisotopic (exact) mass is 608 g/mol. The summed E-state index contributed by atoms with van der Waals surface area (Å²) in [5.74, 6) is 0. The summed E-state index contributed by atoms with van der Waals surface area (Å²) in [7, 11) is 0. The molecule has 4 nitrogen and oxygen atoms in total. The number of para-hydroxylation sites is 2. The Morgan fingerprint density at radius 1 is 0.521 bits per heavy atom. The van der Waals surface area contributed by atoms with Gasteiger partial charge in [-0.3, -0.25) is 0 Å². The Morgan fingerprint density at radius 3 is 1.92 bits per heavy atom. The summed E-state index contributed by atoms with van der Waals surface area (Å²) < 4.78 is 4.80. The van der Waals surface area contributed by atoms with Crippen LogP contribution in [0.1, 0.15) is 5.56 Å². The van der Waals surface area contributed by atoms with Gasteiger partial charge in [0.25, 0.3) is 0 Å². The number of nitriles is 1. The van der Waals surface area contributed by atoms with E-state index in [-0.39, 0.29) is 0 Å². The molecule has 0 atom stereocenters. The second-order valence-corrected chi connectivity index (χ2v) is 12.3. The lowest BCUT2D eigenvalue weighted by atomic mass is 9.97. The van der Waals surface area contributed by atoms with Gasteiger partial charge in [-0.1, -0.05) is 97.1 Å². The third-order valence-corrected chi connectivity index (χ3v) is 9.92. The number of fused-ring (bicyclic) bond motifs is 9. The van der Waals surface area contributed by atoms with Crippen molar-refractivity contribution in [2.75, 3.05) is 0 Å². The fourth-order valence-electron chi connectivity index (χ4n) is 7.86. The van der Waals surface area contributed by atoms with Gasteiger partial charge in [0, 0.05) is 38.0 Å². The Bertz CT molecular complexity index is 3000. The molecule has 0 aliphatic rings. The molecule has 0 saturated heterocycles. The summed E-state index contributed by atoms with van der Waals surface area (Å²) >= 11 is 0. The van der Waals surface area contributed by atoms with Crippen LogP contribution in [0.15, 0.2) is 146 Å². The molecule has 0 amide bonds. The molecule has 0 aliphatic carbocycles. The zero-order chi connectivity index (χ0) is 31.9. The van der Waals surface area contributed by atoms with E-state index in [0.717, 1.165) is 33.4 Å². The highest BCUT2D eigenvalue weighted by molar-refractivity contribution is 6.27. The number of aromatic nitrogens is 2. The van der Waals surface area contributed by atoms with Gasteiger partial charge >= 0.3 is 0 Å². The first-order valence-electron chi connectivity index (χ1n) is 16.0. The van der Waals surface area contributed by atoms with Gasteiger partial charge < -0.3 is 8.97 Å². The van der Waals surface area contributed by atoms with Crippen molar-refractivity contribution in [1.29, 1.82) is 5.26 Å². The molecule has 0 spiro atoms. The largest absolute Gasteiger partial charge is 0.309 e. The Hall–Kier alpha value is -6.88. The highest BCUT2D eigenvalue weighted by Gasteiger charge is 2.22. The summed E-state index contributed by atoms with van der Waals surface area (Å²) in [6.07, 6.45) is 0. The molecule has 4 heteroatoms. The maximum atomic E-state index is 9.37. The van der Waals surface area contributed by atoms with Gasteiger partial charge in [-0.05, 0) is 70.8 Å². The highest BCUT2D eigenvalue weighted by atomic mass is 15.0. The van der Waals surface area contributed by atoms with Crippen LogP contribution in [0.25, 0.3) is 92.7 Å². The van der Waals surface area contributed by atoms with Crippen LogP contribution in [0.4, 0.5) is 5.69 Å². The van der Waals surface area contributed by atoms with Crippen molar-refractivity contribution in [2.24, 2.45) is 0 Å². The number of nitrogens with zero attached hydrogens (tertiary/aromatic N) is 4. The molecule has 0 saturated carbocycles. The molecule has 0 bridgehead atoms. The average molecular weight is 609 g/mol. The lowest BCUT2D eigenvalue weighted by molar-refractivity contribution is 1.18. The van der Waals surface area contributed by atoms with Crippen molar-refractivity contribution < 1.29 is 0 Å². The minimum atomic E-state index is 0.646. The van der Waals surface area contributed by atoms with Crippen LogP contribution in [-0.4, -0.2) is 8.97 Å². The van der Waals surface area contributed by atoms with E-state index in [1.165, 1.54) is 54.4 Å². The summed E-state index contributed by atoms with van der Waals surface area (Å²) in [5.41, 5.74) is 12.8. The van der Waals surface area contributed by atoms with Crippen molar-refractivity contribution in [1.82, 2.24) is 8.97 Å². The zero-order valence-corrected chi connectivity index (χ0v) is 25.6. The quantitative estimate of drug-likeness (QED) is 0.184. The van der Waals surface area contributed by atoms with Gasteiger partial charge in [-0.15, -0.1) is 0 Å². The molecule has 0 N–H and O–H groups in total. The minimum absolute atomic E-state index is 0.646. The SMILES string of the molecule is [C-]#[N+]c1ccc(-c2ccc3c4cc(-n5c6ccccc6c6c(-c7ccc(C#N)cc7)cccc65)ccc4n4c5ccccc5c2c34)cc1. The van der Waals surface area contributed by atoms with Crippen molar-refractivity contribution >= 4 is 65.6 Å². The second-order valence-electron chi connectivity index (χ2n) is 12.3. The van der Waals surface area contributed by atoms with Crippen LogP contribution in [0.5, 0.6) is 0 Å². The number of benzene rings is 7. The number of rotatable bonds is 3. The Balaban J connectivity index is 1.26. The van der Waals surface area contributed by atoms with Gasteiger partial charge in [0.15, 0.2) is 5.69 Å². The standard InChI is InChI=1S/C44H24N4/c1-46-30-19-17-29(18-20-30)33-22-23-34-37-25-31(21-24-40(37)48-39-11-5-3-8-36(39)43(33)44(34)48)47-38-10-4-2-7-35(38)42-32(9-6-12-41(42)47)28-15-13-27(26-45)14-16-28/h2-25H. The maximum Gasteiger partial charge on any atom is 0.187 e. The normalized spacial score (nSPS) is 11.7. The third kappa shape index (κ3) is 3.52. The van der Waals surface area contributed by atoms with Crippen LogP contribution in [0.3, 0.4) is 0 Å². The number of hydrogen-bond donors (Lipinski definition) is 0. The van der Waals surface area contributed by atoms with E-state index in [9.17, 15) is 5.26 Å². The van der Waals surface area contributed by atoms with Crippen LogP contribution in [-0.2, 0) is 0 Å². The Kier molecular flexibility index (Phi) is 5.38. The highest BCUT2D eigenvalue weighted by Crippen LogP contribution is 2.45. The fraction of sp³-hybridized carbons (Fsp3) is 0. The first-order valence-corrected chi connectivity index (χ1v) is 16.0. The van der Waals surface area contributed by atoms with Gasteiger partial charge in [-0.2, -0.15) is 5.26 Å². The van der Waals surface area contributed by atoms with E-state index in [1.54, 1.807) is 0 Å². The lowest BCUT2D eigenvalue weighted by Gasteiger charge is -2.10. The molecule has 48 heavy (non-hydrogen) atoms. The van der Waals surface area contributed by atoms with Crippen molar-refractivity contribution in [3.05, 3.63) is 163 Å². The van der Waals surface area contributed by atoms with E-state index in [0.29, 0.717) is 11.3 Å². The predicted molar refractivity (Wildman–Crippen MR) is 197 cm³/mol. The second kappa shape index (κ2) is 9.81. The first kappa shape index (κ1) is 26.3. The topological polar surface area (TPSA) is 37.5 Å². The van der Waals surface area contributed by atoms with Crippen LogP contribution < -0.4 is 0 Å². The molecule has 0 unspecified atom stereocenters. The van der Waals surface area contributed by atoms with E-state index in [2.05, 4.69) is 129 Å². The number of hydrogen-bond acceptors (Lipinski definition) is 1. The van der Waals surface area contributed by atoms with Gasteiger partial charge in [0.2, 0.25) is 0 Å². The molecular formula is C44H24N4. The fourth-order valence-corrected chi connectivity index (χ4v) is 7.86. The summed E-state index contributed by atoms with van der Waals surface area (Å²) in [6.45, 7) is 7.40.